The molecule has 2 N–H and O–H groups in total. The highest BCUT2D eigenvalue weighted by molar-refractivity contribution is 7.12. The van der Waals surface area contributed by atoms with Crippen molar-refractivity contribution in [2.75, 3.05) is 5.43 Å². The van der Waals surface area contributed by atoms with E-state index in [2.05, 4.69) is 10.9 Å². The Labute approximate surface area is 142 Å². The zero-order valence-electron chi connectivity index (χ0n) is 11.3. The Morgan fingerprint density at radius 3 is 2.38 bits per heavy atom. The number of benzene rings is 1. The van der Waals surface area contributed by atoms with Gasteiger partial charge in [0.1, 0.15) is 0 Å². The smallest absolute Gasteiger partial charge is 0.279 e. The minimum atomic E-state index is -0.226. The van der Waals surface area contributed by atoms with Gasteiger partial charge in [-0.15, -0.1) is 11.3 Å². The standard InChI is InChI=1S/C14H13Cl3N2OS/c1-7(2)9-3-4-21-13(9)14(20)19-18-12-10(16)5-8(15)6-11(12)17/h3-7,18H,1-2H3,(H,19,20). The highest BCUT2D eigenvalue weighted by Crippen LogP contribution is 2.33. The number of nitrogens with one attached hydrogen (secondary N) is 2. The Bertz CT molecular complexity index is 647. The number of thiophene rings is 1. The Morgan fingerprint density at radius 2 is 1.81 bits per heavy atom. The van der Waals surface area contributed by atoms with E-state index in [1.54, 1.807) is 12.1 Å². The van der Waals surface area contributed by atoms with Crippen molar-refractivity contribution in [1.82, 2.24) is 5.43 Å². The normalized spacial score (nSPS) is 10.8. The summed E-state index contributed by atoms with van der Waals surface area (Å²) in [5.74, 6) is 0.0514. The van der Waals surface area contributed by atoms with Gasteiger partial charge in [-0.05, 0) is 35.1 Å². The highest BCUT2D eigenvalue weighted by Gasteiger charge is 2.16. The average Bonchev–Trinajstić information content (AvgIpc) is 2.86. The Hall–Kier alpha value is -0.940. The fraction of sp³-hybridized carbons (Fsp3) is 0.214. The molecule has 1 amide bonds. The zero-order valence-corrected chi connectivity index (χ0v) is 14.4. The average molecular weight is 364 g/mol. The SMILES string of the molecule is CC(C)c1ccsc1C(=O)NNc1c(Cl)cc(Cl)cc1Cl. The molecule has 0 aliphatic heterocycles. The Morgan fingerprint density at radius 1 is 1.19 bits per heavy atom. The highest BCUT2D eigenvalue weighted by atomic mass is 35.5. The quantitative estimate of drug-likeness (QED) is 0.695. The first-order chi connectivity index (χ1) is 9.90. The summed E-state index contributed by atoms with van der Waals surface area (Å²) in [6, 6.07) is 5.05. The summed E-state index contributed by atoms with van der Waals surface area (Å²) in [5, 5.41) is 3.00. The second-order valence-corrected chi connectivity index (χ2v) is 6.85. The van der Waals surface area contributed by atoms with Crippen molar-refractivity contribution < 1.29 is 4.79 Å². The lowest BCUT2D eigenvalue weighted by Crippen LogP contribution is -2.29. The molecule has 1 aromatic heterocycles. The first kappa shape index (κ1) is 16.4. The van der Waals surface area contributed by atoms with E-state index in [4.69, 9.17) is 34.8 Å². The summed E-state index contributed by atoms with van der Waals surface area (Å²) in [5.41, 5.74) is 6.78. The van der Waals surface area contributed by atoms with Crippen LogP contribution >= 0.6 is 46.1 Å². The molecule has 1 aromatic carbocycles. The van der Waals surface area contributed by atoms with Crippen molar-refractivity contribution in [3.05, 3.63) is 49.1 Å². The number of rotatable bonds is 4. The van der Waals surface area contributed by atoms with Crippen LogP contribution in [0.15, 0.2) is 23.6 Å². The molecule has 3 nitrogen and oxygen atoms in total. The fourth-order valence-electron chi connectivity index (χ4n) is 1.80. The van der Waals surface area contributed by atoms with Crippen LogP contribution in [0.1, 0.15) is 35.0 Å². The van der Waals surface area contributed by atoms with Crippen LogP contribution in [0.5, 0.6) is 0 Å². The van der Waals surface area contributed by atoms with Gasteiger partial charge in [-0.3, -0.25) is 15.6 Å². The van der Waals surface area contributed by atoms with E-state index in [0.29, 0.717) is 25.6 Å². The molecule has 112 valence electrons. The van der Waals surface area contributed by atoms with Gasteiger partial charge in [-0.1, -0.05) is 48.7 Å². The number of hydrazine groups is 1. The topological polar surface area (TPSA) is 41.1 Å². The predicted octanol–water partition coefficient (Wildman–Crippen LogP) is 5.59. The van der Waals surface area contributed by atoms with E-state index < -0.39 is 0 Å². The number of hydrogen-bond acceptors (Lipinski definition) is 3. The lowest BCUT2D eigenvalue weighted by Gasteiger charge is -2.13. The molecule has 2 aromatic rings. The molecule has 1 heterocycles. The molecule has 0 saturated heterocycles. The monoisotopic (exact) mass is 362 g/mol. The van der Waals surface area contributed by atoms with Crippen molar-refractivity contribution in [3.63, 3.8) is 0 Å². The van der Waals surface area contributed by atoms with Gasteiger partial charge in [0.15, 0.2) is 0 Å². The second-order valence-electron chi connectivity index (χ2n) is 4.68. The van der Waals surface area contributed by atoms with Gasteiger partial charge in [0, 0.05) is 5.02 Å². The van der Waals surface area contributed by atoms with Crippen molar-refractivity contribution >= 4 is 57.7 Å². The van der Waals surface area contributed by atoms with Crippen LogP contribution in [0.25, 0.3) is 0 Å². The minimum Gasteiger partial charge on any atom is -0.295 e. The van der Waals surface area contributed by atoms with Crippen molar-refractivity contribution in [2.24, 2.45) is 0 Å². The first-order valence-electron chi connectivity index (χ1n) is 6.18. The van der Waals surface area contributed by atoms with Crippen molar-refractivity contribution in [1.29, 1.82) is 0 Å². The number of amides is 1. The van der Waals surface area contributed by atoms with Crippen LogP contribution in [-0.2, 0) is 0 Å². The molecule has 21 heavy (non-hydrogen) atoms. The lowest BCUT2D eigenvalue weighted by atomic mass is 10.0. The number of carbonyl (C=O) groups is 1. The van der Waals surface area contributed by atoms with Gasteiger partial charge >= 0.3 is 0 Å². The van der Waals surface area contributed by atoms with Crippen LogP contribution in [0.4, 0.5) is 5.69 Å². The molecule has 0 radical (unpaired) electrons. The molecule has 0 aliphatic carbocycles. The molecule has 2 rings (SSSR count). The van der Waals surface area contributed by atoms with Gasteiger partial charge in [0.25, 0.3) is 5.91 Å². The maximum Gasteiger partial charge on any atom is 0.279 e. The fourth-order valence-corrected chi connectivity index (χ4v) is 3.66. The third kappa shape index (κ3) is 3.83. The molecule has 0 atom stereocenters. The van der Waals surface area contributed by atoms with Crippen molar-refractivity contribution in [3.8, 4) is 0 Å². The second kappa shape index (κ2) is 6.88. The van der Waals surface area contributed by atoms with Gasteiger partial charge in [-0.25, -0.2) is 0 Å². The molecule has 0 fully saturated rings. The number of halogens is 3. The molecular weight excluding hydrogens is 351 g/mol. The summed E-state index contributed by atoms with van der Waals surface area (Å²) in [4.78, 5) is 12.9. The Balaban J connectivity index is 2.13. The van der Waals surface area contributed by atoms with Gasteiger partial charge in [-0.2, -0.15) is 0 Å². The molecule has 0 unspecified atom stereocenters. The molecule has 0 bridgehead atoms. The summed E-state index contributed by atoms with van der Waals surface area (Å²) < 4.78 is 0. The lowest BCUT2D eigenvalue weighted by molar-refractivity contribution is 0.0965. The van der Waals surface area contributed by atoms with E-state index in [-0.39, 0.29) is 11.8 Å². The van der Waals surface area contributed by atoms with E-state index in [1.165, 1.54) is 11.3 Å². The molecular formula is C14H13Cl3N2OS. The van der Waals surface area contributed by atoms with Crippen LogP contribution in [0, 0.1) is 0 Å². The van der Waals surface area contributed by atoms with Crippen LogP contribution in [0.2, 0.25) is 15.1 Å². The maximum absolute atomic E-state index is 12.2. The third-order valence-corrected chi connectivity index (χ3v) is 4.58. The van der Waals surface area contributed by atoms with Gasteiger partial charge in [0.05, 0.1) is 20.6 Å². The number of hydrogen-bond donors (Lipinski definition) is 2. The number of anilines is 1. The first-order valence-corrected chi connectivity index (χ1v) is 8.19. The largest absolute Gasteiger partial charge is 0.295 e. The van der Waals surface area contributed by atoms with Crippen LogP contribution < -0.4 is 10.9 Å². The Kier molecular flexibility index (Phi) is 5.38. The third-order valence-electron chi connectivity index (χ3n) is 2.83. The van der Waals surface area contributed by atoms with E-state index in [0.717, 1.165) is 5.56 Å². The predicted molar refractivity (Wildman–Crippen MR) is 91.0 cm³/mol. The van der Waals surface area contributed by atoms with Crippen molar-refractivity contribution in [2.45, 2.75) is 19.8 Å². The zero-order chi connectivity index (χ0) is 15.6. The summed E-state index contributed by atoms with van der Waals surface area (Å²) in [6.45, 7) is 4.08. The molecule has 0 saturated carbocycles. The summed E-state index contributed by atoms with van der Waals surface area (Å²) in [7, 11) is 0. The van der Waals surface area contributed by atoms with Crippen LogP contribution in [-0.4, -0.2) is 5.91 Å². The maximum atomic E-state index is 12.2. The summed E-state index contributed by atoms with van der Waals surface area (Å²) in [6.07, 6.45) is 0. The van der Waals surface area contributed by atoms with E-state index in [9.17, 15) is 4.79 Å². The molecule has 0 aliphatic rings. The van der Waals surface area contributed by atoms with E-state index in [1.807, 2.05) is 25.3 Å². The molecule has 0 spiro atoms. The van der Waals surface area contributed by atoms with Crippen LogP contribution in [0.3, 0.4) is 0 Å². The minimum absolute atomic E-state index is 0.226. The van der Waals surface area contributed by atoms with E-state index >= 15 is 0 Å². The van der Waals surface area contributed by atoms with Gasteiger partial charge < -0.3 is 0 Å². The molecule has 7 heteroatoms. The van der Waals surface area contributed by atoms with Gasteiger partial charge in [0.2, 0.25) is 0 Å². The number of carbonyl (C=O) groups excluding carboxylic acids is 1. The summed E-state index contributed by atoms with van der Waals surface area (Å²) >= 11 is 19.3.